The summed E-state index contributed by atoms with van der Waals surface area (Å²) >= 11 is 11.8. The Morgan fingerprint density at radius 1 is 1.18 bits per heavy atom. The molecule has 0 aliphatic rings. The fourth-order valence-corrected chi connectivity index (χ4v) is 2.02. The van der Waals surface area contributed by atoms with Crippen molar-refractivity contribution in [2.75, 3.05) is 0 Å². The summed E-state index contributed by atoms with van der Waals surface area (Å²) in [6.07, 6.45) is 2.81. The summed E-state index contributed by atoms with van der Waals surface area (Å²) in [5.74, 6) is -1.04. The number of benzene rings is 1. The van der Waals surface area contributed by atoms with E-state index in [0.717, 1.165) is 0 Å². The number of halogens is 2. The van der Waals surface area contributed by atoms with Crippen LogP contribution in [0.3, 0.4) is 0 Å². The van der Waals surface area contributed by atoms with Crippen molar-refractivity contribution in [3.05, 3.63) is 52.3 Å². The average molecular weight is 268 g/mol. The van der Waals surface area contributed by atoms with Crippen molar-refractivity contribution in [3.63, 3.8) is 0 Å². The van der Waals surface area contributed by atoms with E-state index in [1.165, 1.54) is 12.4 Å². The summed E-state index contributed by atoms with van der Waals surface area (Å²) < 4.78 is 0. The lowest BCUT2D eigenvalue weighted by Crippen LogP contribution is -2.00. The lowest BCUT2D eigenvalue weighted by atomic mass is 10.0. The molecule has 3 nitrogen and oxygen atoms in total. The first-order chi connectivity index (χ1) is 8.09. The first-order valence-corrected chi connectivity index (χ1v) is 5.48. The fourth-order valence-electron chi connectivity index (χ4n) is 1.51. The number of nitrogens with zero attached hydrogens (tertiary/aromatic N) is 1. The molecule has 0 atom stereocenters. The number of carboxylic acid groups (broad SMARTS) is 1. The molecule has 17 heavy (non-hydrogen) atoms. The largest absolute Gasteiger partial charge is 0.478 e. The molecule has 0 fully saturated rings. The number of carbonyl (C=O) groups is 1. The molecule has 5 heteroatoms. The molecule has 2 aromatic rings. The Labute approximate surface area is 108 Å². The second-order valence-electron chi connectivity index (χ2n) is 3.35. The van der Waals surface area contributed by atoms with Crippen molar-refractivity contribution in [2.45, 2.75) is 0 Å². The highest BCUT2D eigenvalue weighted by Gasteiger charge is 2.13. The second-order valence-corrected chi connectivity index (χ2v) is 4.19. The number of carboxylic acids is 1. The molecule has 1 aromatic carbocycles. The van der Waals surface area contributed by atoms with Gasteiger partial charge >= 0.3 is 5.97 Å². The summed E-state index contributed by atoms with van der Waals surface area (Å²) in [7, 11) is 0. The van der Waals surface area contributed by atoms with Crippen LogP contribution in [0.2, 0.25) is 10.0 Å². The highest BCUT2D eigenvalue weighted by molar-refractivity contribution is 6.36. The molecule has 1 heterocycles. The maximum Gasteiger partial charge on any atom is 0.337 e. The van der Waals surface area contributed by atoms with Crippen molar-refractivity contribution in [1.82, 2.24) is 4.98 Å². The average Bonchev–Trinajstić information content (AvgIpc) is 2.29. The topological polar surface area (TPSA) is 50.2 Å². The number of hydrogen-bond acceptors (Lipinski definition) is 2. The molecule has 0 amide bonds. The summed E-state index contributed by atoms with van der Waals surface area (Å²) in [6, 6.07) is 6.53. The predicted octanol–water partition coefficient (Wildman–Crippen LogP) is 3.75. The van der Waals surface area contributed by atoms with E-state index in [9.17, 15) is 4.79 Å². The van der Waals surface area contributed by atoms with E-state index in [-0.39, 0.29) is 5.56 Å². The quantitative estimate of drug-likeness (QED) is 0.902. The van der Waals surface area contributed by atoms with E-state index >= 15 is 0 Å². The van der Waals surface area contributed by atoms with Gasteiger partial charge in [0.25, 0.3) is 0 Å². The van der Waals surface area contributed by atoms with Gasteiger partial charge in [0.15, 0.2) is 0 Å². The smallest absolute Gasteiger partial charge is 0.337 e. The Morgan fingerprint density at radius 2 is 1.94 bits per heavy atom. The third-order valence-corrected chi connectivity index (χ3v) is 2.82. The maximum atomic E-state index is 11.1. The van der Waals surface area contributed by atoms with Crippen molar-refractivity contribution >= 4 is 29.2 Å². The van der Waals surface area contributed by atoms with E-state index < -0.39 is 5.97 Å². The Morgan fingerprint density at radius 3 is 2.59 bits per heavy atom. The second kappa shape index (κ2) is 4.73. The van der Waals surface area contributed by atoms with E-state index in [2.05, 4.69) is 4.98 Å². The van der Waals surface area contributed by atoms with Crippen molar-refractivity contribution < 1.29 is 9.90 Å². The minimum atomic E-state index is -1.04. The highest BCUT2D eigenvalue weighted by atomic mass is 35.5. The first kappa shape index (κ1) is 11.9. The first-order valence-electron chi connectivity index (χ1n) is 4.72. The summed E-state index contributed by atoms with van der Waals surface area (Å²) in [5.41, 5.74) is 1.25. The van der Waals surface area contributed by atoms with Gasteiger partial charge in [-0.05, 0) is 18.2 Å². The summed E-state index contributed by atoms with van der Waals surface area (Å²) in [6.45, 7) is 0. The fraction of sp³-hybridized carbons (Fsp3) is 0. The Bertz CT molecular complexity index is 584. The normalized spacial score (nSPS) is 10.2. The van der Waals surface area contributed by atoms with Crippen LogP contribution in [-0.2, 0) is 0 Å². The minimum absolute atomic E-state index is 0.108. The summed E-state index contributed by atoms with van der Waals surface area (Å²) in [5, 5.41) is 9.98. The van der Waals surface area contributed by atoms with Crippen LogP contribution in [0, 0.1) is 0 Å². The molecule has 0 bridgehead atoms. The molecule has 0 spiro atoms. The Hall–Kier alpha value is -1.58. The van der Waals surface area contributed by atoms with Crippen LogP contribution in [0.15, 0.2) is 36.7 Å². The molecule has 0 radical (unpaired) electrons. The molecular weight excluding hydrogens is 261 g/mol. The van der Waals surface area contributed by atoms with Crippen LogP contribution in [0.4, 0.5) is 0 Å². The van der Waals surface area contributed by atoms with Crippen molar-refractivity contribution in [3.8, 4) is 11.1 Å². The lowest BCUT2D eigenvalue weighted by Gasteiger charge is -2.07. The van der Waals surface area contributed by atoms with E-state index in [0.29, 0.717) is 21.2 Å². The maximum absolute atomic E-state index is 11.1. The zero-order chi connectivity index (χ0) is 12.4. The summed E-state index contributed by atoms with van der Waals surface area (Å²) in [4.78, 5) is 14.9. The van der Waals surface area contributed by atoms with Gasteiger partial charge < -0.3 is 5.11 Å². The van der Waals surface area contributed by atoms with Crippen LogP contribution in [0.5, 0.6) is 0 Å². The van der Waals surface area contributed by atoms with Crippen LogP contribution in [-0.4, -0.2) is 16.1 Å². The van der Waals surface area contributed by atoms with Gasteiger partial charge in [-0.3, -0.25) is 4.98 Å². The highest BCUT2D eigenvalue weighted by Crippen LogP contribution is 2.32. The molecule has 2 rings (SSSR count). The number of pyridine rings is 1. The van der Waals surface area contributed by atoms with Gasteiger partial charge in [-0.25, -0.2) is 4.79 Å². The van der Waals surface area contributed by atoms with Crippen molar-refractivity contribution in [1.29, 1.82) is 0 Å². The molecule has 1 aromatic heterocycles. The number of aromatic carboxylic acids is 1. The molecule has 0 aliphatic carbocycles. The van der Waals surface area contributed by atoms with Gasteiger partial charge in [-0.1, -0.05) is 29.3 Å². The number of aromatic nitrogens is 1. The van der Waals surface area contributed by atoms with Gasteiger partial charge in [-0.15, -0.1) is 0 Å². The van der Waals surface area contributed by atoms with Gasteiger partial charge in [-0.2, -0.15) is 0 Å². The van der Waals surface area contributed by atoms with Gasteiger partial charge in [0.2, 0.25) is 0 Å². The van der Waals surface area contributed by atoms with Crippen LogP contribution >= 0.6 is 23.2 Å². The standard InChI is InChI=1S/C12H7Cl2NO2/c13-7-1-2-9(11(14)5-7)8-3-4-15-6-10(8)12(16)17/h1-6H,(H,16,17). The SMILES string of the molecule is O=C(O)c1cnccc1-c1ccc(Cl)cc1Cl. The predicted molar refractivity (Wildman–Crippen MR) is 66.7 cm³/mol. The zero-order valence-electron chi connectivity index (χ0n) is 8.52. The molecule has 0 saturated carbocycles. The van der Waals surface area contributed by atoms with Gasteiger partial charge in [0, 0.05) is 33.6 Å². The molecule has 0 saturated heterocycles. The van der Waals surface area contributed by atoms with E-state index in [4.69, 9.17) is 28.3 Å². The Kier molecular flexibility index (Phi) is 3.31. The van der Waals surface area contributed by atoms with Gasteiger partial charge in [0.1, 0.15) is 0 Å². The van der Waals surface area contributed by atoms with E-state index in [1.807, 2.05) is 0 Å². The van der Waals surface area contributed by atoms with Crippen LogP contribution in [0.25, 0.3) is 11.1 Å². The van der Waals surface area contributed by atoms with Crippen molar-refractivity contribution in [2.24, 2.45) is 0 Å². The number of hydrogen-bond donors (Lipinski definition) is 1. The van der Waals surface area contributed by atoms with Crippen LogP contribution in [0.1, 0.15) is 10.4 Å². The zero-order valence-corrected chi connectivity index (χ0v) is 10.0. The lowest BCUT2D eigenvalue weighted by molar-refractivity contribution is 0.0697. The van der Waals surface area contributed by atoms with Gasteiger partial charge in [0.05, 0.1) is 5.56 Å². The molecule has 86 valence electrons. The molecule has 1 N–H and O–H groups in total. The monoisotopic (exact) mass is 267 g/mol. The van der Waals surface area contributed by atoms with Crippen LogP contribution < -0.4 is 0 Å². The third-order valence-electron chi connectivity index (χ3n) is 2.27. The molecular formula is C12H7Cl2NO2. The number of rotatable bonds is 2. The molecule has 0 aliphatic heterocycles. The Balaban J connectivity index is 2.64. The minimum Gasteiger partial charge on any atom is -0.478 e. The third kappa shape index (κ3) is 2.40. The van der Waals surface area contributed by atoms with E-state index in [1.54, 1.807) is 24.3 Å². The molecule has 0 unspecified atom stereocenters.